The highest BCUT2D eigenvalue weighted by Crippen LogP contribution is 2.70. The Bertz CT molecular complexity index is 1270. The van der Waals surface area contributed by atoms with E-state index in [1.807, 2.05) is 18.2 Å². The lowest BCUT2D eigenvalue weighted by atomic mass is 9.44. The van der Waals surface area contributed by atoms with E-state index in [0.29, 0.717) is 30.1 Å². The van der Waals surface area contributed by atoms with E-state index in [1.54, 1.807) is 0 Å². The molecule has 0 spiro atoms. The maximum absolute atomic E-state index is 11.2. The molecule has 0 aromatic heterocycles. The van der Waals surface area contributed by atoms with Crippen LogP contribution in [0.1, 0.15) is 68.1 Å². The minimum absolute atomic E-state index is 0.0679. The van der Waals surface area contributed by atoms with Gasteiger partial charge in [-0.05, 0) is 114 Å². The number of aliphatic hydroxyl groups excluding tert-OH is 1. The average Bonchev–Trinajstić information content (AvgIpc) is 3.23. The molecule has 2 fully saturated rings. The van der Waals surface area contributed by atoms with Crippen molar-refractivity contribution >= 4 is 5.69 Å². The number of para-hydroxylation sites is 1. The standard InChI is InChI=1S/C34H41NO3/c1-33-18-17-24-21-26(36)11-14-28(24)32(33)29(22-34(2)30(33)15-16-31(34)37)23-9-12-27(13-10-23)38-20-19-35(3)25-7-5-4-6-8-25/h4-14,21,29-32,36-37H,15-20,22H2,1-3H3/t29-,30?,31+,32?,33+,34+/m1/s1. The highest BCUT2D eigenvalue weighted by Gasteiger charge is 2.62. The van der Waals surface area contributed by atoms with E-state index in [2.05, 4.69) is 80.4 Å². The third-order valence-corrected chi connectivity index (χ3v) is 10.4. The zero-order valence-corrected chi connectivity index (χ0v) is 22.9. The minimum Gasteiger partial charge on any atom is -0.508 e. The first-order valence-electron chi connectivity index (χ1n) is 14.3. The number of benzene rings is 3. The van der Waals surface area contributed by atoms with Crippen LogP contribution in [0.3, 0.4) is 0 Å². The van der Waals surface area contributed by atoms with Gasteiger partial charge in [-0.3, -0.25) is 0 Å². The Labute approximate surface area is 227 Å². The lowest BCUT2D eigenvalue weighted by molar-refractivity contribution is -0.0768. The molecule has 3 aromatic carbocycles. The molecule has 3 aliphatic rings. The van der Waals surface area contributed by atoms with Gasteiger partial charge in [0.1, 0.15) is 18.1 Å². The number of nitrogens with zero attached hydrogens (tertiary/aromatic N) is 1. The molecule has 0 bridgehead atoms. The van der Waals surface area contributed by atoms with Gasteiger partial charge in [0.15, 0.2) is 0 Å². The second-order valence-electron chi connectivity index (χ2n) is 12.5. The third kappa shape index (κ3) is 4.18. The van der Waals surface area contributed by atoms with Crippen LogP contribution in [0.2, 0.25) is 0 Å². The molecule has 0 radical (unpaired) electrons. The quantitative estimate of drug-likeness (QED) is 0.378. The Balaban J connectivity index is 1.26. The summed E-state index contributed by atoms with van der Waals surface area (Å²) < 4.78 is 6.13. The zero-order chi connectivity index (χ0) is 26.5. The van der Waals surface area contributed by atoms with Crippen molar-refractivity contribution < 1.29 is 14.9 Å². The SMILES string of the molecule is CN(CCOc1ccc([C@H]2C[C@@]3(C)C(CC[C@@H]3O)[C@]3(C)CCc4cc(O)ccc4C23)cc1)c1ccccc1. The van der Waals surface area contributed by atoms with Crippen molar-refractivity contribution in [3.8, 4) is 11.5 Å². The van der Waals surface area contributed by atoms with E-state index in [4.69, 9.17) is 4.74 Å². The minimum atomic E-state index is -0.238. The van der Waals surface area contributed by atoms with E-state index in [9.17, 15) is 10.2 Å². The van der Waals surface area contributed by atoms with E-state index >= 15 is 0 Å². The van der Waals surface area contributed by atoms with E-state index in [-0.39, 0.29) is 16.9 Å². The number of anilines is 1. The summed E-state index contributed by atoms with van der Waals surface area (Å²) in [6.45, 7) is 6.27. The van der Waals surface area contributed by atoms with Gasteiger partial charge in [0.05, 0.1) is 12.6 Å². The van der Waals surface area contributed by atoms with Gasteiger partial charge in [0.2, 0.25) is 0 Å². The normalized spacial score (nSPS) is 31.7. The summed E-state index contributed by atoms with van der Waals surface area (Å²) in [5.74, 6) is 2.46. The Hall–Kier alpha value is -2.98. The molecule has 4 heteroatoms. The van der Waals surface area contributed by atoms with E-state index < -0.39 is 0 Å². The summed E-state index contributed by atoms with van der Waals surface area (Å²) >= 11 is 0. The van der Waals surface area contributed by atoms with Crippen molar-refractivity contribution in [1.82, 2.24) is 0 Å². The Morgan fingerprint density at radius 3 is 2.47 bits per heavy atom. The fourth-order valence-corrected chi connectivity index (χ4v) is 8.50. The Morgan fingerprint density at radius 1 is 0.947 bits per heavy atom. The van der Waals surface area contributed by atoms with Crippen LogP contribution in [0.5, 0.6) is 11.5 Å². The van der Waals surface area contributed by atoms with E-state index in [1.165, 1.54) is 22.4 Å². The van der Waals surface area contributed by atoms with Gasteiger partial charge in [-0.15, -0.1) is 0 Å². The first-order chi connectivity index (χ1) is 18.3. The number of ether oxygens (including phenoxy) is 1. The van der Waals surface area contributed by atoms with Crippen molar-refractivity contribution in [2.24, 2.45) is 16.7 Å². The van der Waals surface area contributed by atoms with Gasteiger partial charge in [0.25, 0.3) is 0 Å². The lowest BCUT2D eigenvalue weighted by Crippen LogP contribution is -2.52. The zero-order valence-electron chi connectivity index (χ0n) is 22.9. The van der Waals surface area contributed by atoms with Crippen LogP contribution in [-0.4, -0.2) is 36.5 Å². The largest absolute Gasteiger partial charge is 0.508 e. The van der Waals surface area contributed by atoms with Crippen LogP contribution in [0.4, 0.5) is 5.69 Å². The molecule has 0 amide bonds. The number of aliphatic hydroxyl groups is 1. The fourth-order valence-electron chi connectivity index (χ4n) is 8.50. The molecule has 38 heavy (non-hydrogen) atoms. The van der Waals surface area contributed by atoms with Crippen molar-refractivity contribution in [2.75, 3.05) is 25.1 Å². The maximum atomic E-state index is 11.2. The molecular formula is C34H41NO3. The topological polar surface area (TPSA) is 52.9 Å². The number of phenolic OH excluding ortho intramolecular Hbond substituents is 1. The lowest BCUT2D eigenvalue weighted by Gasteiger charge is -2.60. The number of fused-ring (bicyclic) bond motifs is 5. The molecule has 0 aliphatic heterocycles. The molecule has 4 nitrogen and oxygen atoms in total. The predicted octanol–water partition coefficient (Wildman–Crippen LogP) is 6.91. The average molecular weight is 512 g/mol. The highest BCUT2D eigenvalue weighted by atomic mass is 16.5. The second kappa shape index (κ2) is 9.64. The first-order valence-corrected chi connectivity index (χ1v) is 14.3. The van der Waals surface area contributed by atoms with Crippen molar-refractivity contribution in [1.29, 1.82) is 0 Å². The van der Waals surface area contributed by atoms with Crippen molar-refractivity contribution in [3.63, 3.8) is 0 Å². The number of rotatable bonds is 6. The van der Waals surface area contributed by atoms with Crippen LogP contribution in [0.25, 0.3) is 0 Å². The van der Waals surface area contributed by atoms with Gasteiger partial charge in [-0.1, -0.05) is 50.2 Å². The summed E-state index contributed by atoms with van der Waals surface area (Å²) in [7, 11) is 2.09. The molecule has 3 aliphatic carbocycles. The van der Waals surface area contributed by atoms with Crippen LogP contribution < -0.4 is 9.64 Å². The summed E-state index contributed by atoms with van der Waals surface area (Å²) in [6.07, 6.45) is 4.86. The number of aryl methyl sites for hydroxylation is 1. The van der Waals surface area contributed by atoms with Gasteiger partial charge < -0.3 is 19.8 Å². The summed E-state index contributed by atoms with van der Waals surface area (Å²) in [5, 5.41) is 21.4. The molecule has 200 valence electrons. The maximum Gasteiger partial charge on any atom is 0.119 e. The van der Waals surface area contributed by atoms with Crippen LogP contribution in [0, 0.1) is 16.7 Å². The molecule has 6 atom stereocenters. The highest BCUT2D eigenvalue weighted by molar-refractivity contribution is 5.46. The molecule has 0 saturated heterocycles. The number of hydrogen-bond acceptors (Lipinski definition) is 4. The molecule has 6 rings (SSSR count). The summed E-state index contributed by atoms with van der Waals surface area (Å²) in [5.41, 5.74) is 5.26. The second-order valence-corrected chi connectivity index (χ2v) is 12.5. The fraction of sp³-hybridized carbons (Fsp3) is 0.471. The predicted molar refractivity (Wildman–Crippen MR) is 153 cm³/mol. The number of aromatic hydroxyl groups is 1. The molecule has 0 heterocycles. The first kappa shape index (κ1) is 25.3. The molecule has 2 N–H and O–H groups in total. The van der Waals surface area contributed by atoms with Crippen molar-refractivity contribution in [2.45, 2.75) is 63.9 Å². The molecule has 2 unspecified atom stereocenters. The van der Waals surface area contributed by atoms with Gasteiger partial charge in [0, 0.05) is 12.7 Å². The number of hydrogen-bond donors (Lipinski definition) is 2. The summed E-state index contributed by atoms with van der Waals surface area (Å²) in [6, 6.07) is 25.1. The Kier molecular flexibility index (Phi) is 6.42. The Morgan fingerprint density at radius 2 is 1.71 bits per heavy atom. The van der Waals surface area contributed by atoms with E-state index in [0.717, 1.165) is 44.4 Å². The molecule has 3 aromatic rings. The molecular weight excluding hydrogens is 470 g/mol. The van der Waals surface area contributed by atoms with Crippen LogP contribution in [0.15, 0.2) is 72.8 Å². The van der Waals surface area contributed by atoms with Gasteiger partial charge >= 0.3 is 0 Å². The van der Waals surface area contributed by atoms with Crippen LogP contribution >= 0.6 is 0 Å². The number of phenols is 1. The molecule has 2 saturated carbocycles. The summed E-state index contributed by atoms with van der Waals surface area (Å²) in [4.78, 5) is 2.21. The monoisotopic (exact) mass is 511 g/mol. The van der Waals surface area contributed by atoms with Crippen molar-refractivity contribution in [3.05, 3.63) is 89.5 Å². The smallest absolute Gasteiger partial charge is 0.119 e. The van der Waals surface area contributed by atoms with Crippen LogP contribution in [-0.2, 0) is 6.42 Å². The third-order valence-electron chi connectivity index (χ3n) is 10.4. The van der Waals surface area contributed by atoms with Gasteiger partial charge in [-0.2, -0.15) is 0 Å². The number of likely N-dealkylation sites (N-methyl/N-ethyl adjacent to an activating group) is 1. The van der Waals surface area contributed by atoms with Gasteiger partial charge in [-0.25, -0.2) is 0 Å².